The van der Waals surface area contributed by atoms with Crippen molar-refractivity contribution in [2.45, 2.75) is 51.7 Å². The summed E-state index contributed by atoms with van der Waals surface area (Å²) in [5.74, 6) is 1.06. The molecule has 0 amide bonds. The Morgan fingerprint density at radius 3 is 2.39 bits per heavy atom. The summed E-state index contributed by atoms with van der Waals surface area (Å²) in [6.07, 6.45) is 2.90. The van der Waals surface area contributed by atoms with E-state index >= 15 is 0 Å². The predicted molar refractivity (Wildman–Crippen MR) is 136 cm³/mol. The van der Waals surface area contributed by atoms with Gasteiger partial charge < -0.3 is 4.74 Å². The van der Waals surface area contributed by atoms with Gasteiger partial charge in [0, 0.05) is 0 Å². The molecule has 1 aliphatic carbocycles. The fraction of sp³-hybridized carbons (Fsp3) is 0.310. The predicted octanol–water partition coefficient (Wildman–Crippen LogP) is 6.82. The quantitative estimate of drug-likeness (QED) is 0.243. The van der Waals surface area contributed by atoms with Crippen LogP contribution in [0.5, 0.6) is 5.75 Å². The van der Waals surface area contributed by atoms with Crippen LogP contribution in [0.15, 0.2) is 73.3 Å². The first-order chi connectivity index (χ1) is 14.7. The molecule has 0 saturated carbocycles. The van der Waals surface area contributed by atoms with E-state index in [0.717, 1.165) is 18.2 Å². The minimum absolute atomic E-state index is 0.0356. The van der Waals surface area contributed by atoms with E-state index < -0.39 is 8.07 Å². The molecule has 0 saturated heterocycles. The highest BCUT2D eigenvalue weighted by Gasteiger charge is 2.32. The third-order valence-corrected chi connectivity index (χ3v) is 9.65. The van der Waals surface area contributed by atoms with Crippen molar-refractivity contribution in [1.29, 1.82) is 0 Å². The van der Waals surface area contributed by atoms with E-state index in [0.29, 0.717) is 6.61 Å². The number of hydrogen-bond donors (Lipinski definition) is 0. The lowest BCUT2D eigenvalue weighted by atomic mass is 9.85. The van der Waals surface area contributed by atoms with Crippen LogP contribution >= 0.6 is 0 Å². The summed E-state index contributed by atoms with van der Waals surface area (Å²) in [7, 11) is -1.77. The second kappa shape index (κ2) is 8.16. The smallest absolute Gasteiger partial charge is 0.126 e. The van der Waals surface area contributed by atoms with Crippen molar-refractivity contribution in [3.05, 3.63) is 95.6 Å². The van der Waals surface area contributed by atoms with Crippen molar-refractivity contribution in [3.63, 3.8) is 0 Å². The minimum Gasteiger partial charge on any atom is -0.489 e. The van der Waals surface area contributed by atoms with Crippen molar-refractivity contribution in [1.82, 2.24) is 0 Å². The van der Waals surface area contributed by atoms with Crippen molar-refractivity contribution >= 4 is 13.3 Å². The monoisotopic (exact) mass is 426 g/mol. The Balaban J connectivity index is 1.75. The summed E-state index contributed by atoms with van der Waals surface area (Å²) in [5, 5.41) is 1.58. The molecule has 0 heterocycles. The van der Waals surface area contributed by atoms with Crippen molar-refractivity contribution in [2.24, 2.45) is 0 Å². The fourth-order valence-corrected chi connectivity index (χ4v) is 8.00. The second-order valence-electron chi connectivity index (χ2n) is 10.4. The van der Waals surface area contributed by atoms with Crippen LogP contribution in [-0.2, 0) is 17.9 Å². The van der Waals surface area contributed by atoms with Gasteiger partial charge in [-0.1, -0.05) is 112 Å². The number of para-hydroxylation sites is 1. The molecule has 0 bridgehead atoms. The lowest BCUT2D eigenvalue weighted by Crippen LogP contribution is -2.46. The van der Waals surface area contributed by atoms with E-state index in [1.807, 2.05) is 6.08 Å². The molecule has 1 aliphatic rings. The average molecular weight is 427 g/mol. The number of fused-ring (bicyclic) bond motifs is 3. The van der Waals surface area contributed by atoms with Crippen molar-refractivity contribution in [3.8, 4) is 16.9 Å². The van der Waals surface area contributed by atoms with Gasteiger partial charge in [-0.2, -0.15) is 0 Å². The Morgan fingerprint density at radius 1 is 0.935 bits per heavy atom. The van der Waals surface area contributed by atoms with Gasteiger partial charge in [0.15, 0.2) is 0 Å². The molecule has 4 rings (SSSR count). The van der Waals surface area contributed by atoms with Crippen LogP contribution < -0.4 is 9.92 Å². The van der Waals surface area contributed by atoms with E-state index in [1.54, 1.807) is 10.8 Å². The van der Waals surface area contributed by atoms with Gasteiger partial charge in [-0.15, -0.1) is 0 Å². The second-order valence-corrected chi connectivity index (χ2v) is 15.0. The Morgan fingerprint density at radius 2 is 1.65 bits per heavy atom. The first-order valence-electron chi connectivity index (χ1n) is 11.3. The van der Waals surface area contributed by atoms with Gasteiger partial charge in [0.1, 0.15) is 12.4 Å². The molecule has 3 aromatic carbocycles. The molecular weight excluding hydrogens is 392 g/mol. The molecule has 0 aromatic heterocycles. The zero-order chi connectivity index (χ0) is 22.2. The number of rotatable bonds is 6. The summed E-state index contributed by atoms with van der Waals surface area (Å²) in [4.78, 5) is 0. The standard InChI is InChI=1S/C29H34OSi/c1-7-18-30-28-22(13-10-16-26(28)29(2,3)4)20-31(5,6)27-17-11-15-24-23-14-9-8-12-21(23)19-25(24)27/h7-17H,1,18-20H2,2-6H3. The molecule has 1 nitrogen and oxygen atoms in total. The summed E-state index contributed by atoms with van der Waals surface area (Å²) in [5.41, 5.74) is 8.49. The Kier molecular flexibility index (Phi) is 5.70. The first kappa shape index (κ1) is 21.6. The van der Waals surface area contributed by atoms with Crippen molar-refractivity contribution in [2.75, 3.05) is 6.61 Å². The molecule has 0 spiro atoms. The topological polar surface area (TPSA) is 9.23 Å². The van der Waals surface area contributed by atoms with Crippen LogP contribution in [0, 0.1) is 0 Å². The molecule has 31 heavy (non-hydrogen) atoms. The zero-order valence-electron chi connectivity index (χ0n) is 19.6. The van der Waals surface area contributed by atoms with Crippen LogP contribution in [0.2, 0.25) is 13.1 Å². The van der Waals surface area contributed by atoms with E-state index in [1.165, 1.54) is 27.8 Å². The lowest BCUT2D eigenvalue weighted by Gasteiger charge is -2.29. The Bertz CT molecular complexity index is 1120. The molecule has 3 aromatic rings. The molecule has 160 valence electrons. The molecule has 0 radical (unpaired) electrons. The number of benzene rings is 3. The SMILES string of the molecule is C=CCOc1c(C[Si](C)(C)c2cccc3c2Cc2ccccc2-3)cccc1C(C)(C)C. The highest BCUT2D eigenvalue weighted by molar-refractivity contribution is 6.89. The van der Waals surface area contributed by atoms with Crippen LogP contribution in [0.25, 0.3) is 11.1 Å². The maximum absolute atomic E-state index is 6.27. The summed E-state index contributed by atoms with van der Waals surface area (Å²) in [6.45, 7) is 16.2. The average Bonchev–Trinajstić information content (AvgIpc) is 3.10. The first-order valence-corrected chi connectivity index (χ1v) is 14.5. The van der Waals surface area contributed by atoms with E-state index in [2.05, 4.69) is 101 Å². The maximum atomic E-state index is 6.27. The molecular formula is C29H34OSi. The van der Waals surface area contributed by atoms with Gasteiger partial charge in [-0.05, 0) is 51.3 Å². The Hall–Kier alpha value is -2.58. The third kappa shape index (κ3) is 4.14. The van der Waals surface area contributed by atoms with E-state index in [9.17, 15) is 0 Å². The Labute approximate surface area is 188 Å². The highest BCUT2D eigenvalue weighted by Crippen LogP contribution is 2.38. The van der Waals surface area contributed by atoms with E-state index in [4.69, 9.17) is 4.74 Å². The highest BCUT2D eigenvalue weighted by atomic mass is 28.3. The van der Waals surface area contributed by atoms with Crippen LogP contribution in [0.3, 0.4) is 0 Å². The van der Waals surface area contributed by atoms with Gasteiger partial charge in [-0.3, -0.25) is 0 Å². The van der Waals surface area contributed by atoms with Crippen LogP contribution in [0.1, 0.15) is 43.0 Å². The summed E-state index contributed by atoms with van der Waals surface area (Å²) < 4.78 is 6.27. The van der Waals surface area contributed by atoms with Crippen LogP contribution in [-0.4, -0.2) is 14.7 Å². The van der Waals surface area contributed by atoms with Gasteiger partial charge in [0.2, 0.25) is 0 Å². The largest absolute Gasteiger partial charge is 0.489 e. The van der Waals surface area contributed by atoms with Gasteiger partial charge in [-0.25, -0.2) is 0 Å². The number of hydrogen-bond acceptors (Lipinski definition) is 1. The normalized spacial score (nSPS) is 12.9. The van der Waals surface area contributed by atoms with Crippen LogP contribution in [0.4, 0.5) is 0 Å². The number of ether oxygens (including phenoxy) is 1. The summed E-state index contributed by atoms with van der Waals surface area (Å²) >= 11 is 0. The molecule has 0 N–H and O–H groups in total. The lowest BCUT2D eigenvalue weighted by molar-refractivity contribution is 0.348. The zero-order valence-corrected chi connectivity index (χ0v) is 20.6. The van der Waals surface area contributed by atoms with Gasteiger partial charge in [0.25, 0.3) is 0 Å². The van der Waals surface area contributed by atoms with Gasteiger partial charge in [0.05, 0.1) is 8.07 Å². The van der Waals surface area contributed by atoms with Gasteiger partial charge >= 0.3 is 0 Å². The van der Waals surface area contributed by atoms with Crippen molar-refractivity contribution < 1.29 is 4.74 Å². The van der Waals surface area contributed by atoms with E-state index in [-0.39, 0.29) is 5.41 Å². The third-order valence-electron chi connectivity index (χ3n) is 6.46. The maximum Gasteiger partial charge on any atom is 0.126 e. The summed E-state index contributed by atoms with van der Waals surface area (Å²) in [6, 6.07) is 23.6. The molecule has 0 aliphatic heterocycles. The molecule has 0 fully saturated rings. The molecule has 0 unspecified atom stereocenters. The fourth-order valence-electron chi connectivity index (χ4n) is 4.99. The molecule has 2 heteroatoms. The molecule has 0 atom stereocenters. The minimum atomic E-state index is -1.77.